The Hall–Kier alpha value is -1.31. The van der Waals surface area contributed by atoms with Gasteiger partial charge in [-0.15, -0.1) is 0 Å². The van der Waals surface area contributed by atoms with Gasteiger partial charge in [0.2, 0.25) is 10.0 Å². The van der Waals surface area contributed by atoms with Crippen molar-refractivity contribution in [2.24, 2.45) is 0 Å². The van der Waals surface area contributed by atoms with E-state index >= 15 is 0 Å². The summed E-state index contributed by atoms with van der Waals surface area (Å²) in [6.45, 7) is 6.03. The van der Waals surface area contributed by atoms with Gasteiger partial charge >= 0.3 is 0 Å². The Labute approximate surface area is 145 Å². The number of aryl methyl sites for hydroxylation is 1. The summed E-state index contributed by atoms with van der Waals surface area (Å²) in [5.41, 5.74) is 0.669. The lowest BCUT2D eigenvalue weighted by Gasteiger charge is -2.34. The number of sulfonamides is 1. The SMILES string of the molecule is CCCN(C1CCNCC1)S(=O)(=O)c1cc(OC)c(OC)cc1C. The summed E-state index contributed by atoms with van der Waals surface area (Å²) >= 11 is 0. The topological polar surface area (TPSA) is 67.9 Å². The third-order valence-corrected chi connectivity index (χ3v) is 6.52. The molecule has 2 rings (SSSR count). The van der Waals surface area contributed by atoms with Crippen LogP contribution >= 0.6 is 0 Å². The molecule has 1 N–H and O–H groups in total. The van der Waals surface area contributed by atoms with Gasteiger partial charge in [-0.2, -0.15) is 4.31 Å². The van der Waals surface area contributed by atoms with E-state index < -0.39 is 10.0 Å². The van der Waals surface area contributed by atoms with Crippen LogP contribution in [0.5, 0.6) is 11.5 Å². The van der Waals surface area contributed by atoms with Crippen LogP contribution in [0.4, 0.5) is 0 Å². The Balaban J connectivity index is 2.46. The van der Waals surface area contributed by atoms with Gasteiger partial charge in [-0.3, -0.25) is 0 Å². The molecule has 0 spiro atoms. The quantitative estimate of drug-likeness (QED) is 0.811. The monoisotopic (exact) mass is 356 g/mol. The van der Waals surface area contributed by atoms with Crippen LogP contribution < -0.4 is 14.8 Å². The molecule has 136 valence electrons. The summed E-state index contributed by atoms with van der Waals surface area (Å²) in [6.07, 6.45) is 2.46. The van der Waals surface area contributed by atoms with E-state index in [9.17, 15) is 8.42 Å². The zero-order chi connectivity index (χ0) is 17.7. The van der Waals surface area contributed by atoms with Crippen molar-refractivity contribution < 1.29 is 17.9 Å². The number of hydrogen-bond donors (Lipinski definition) is 1. The Morgan fingerprint density at radius 2 is 1.75 bits per heavy atom. The van der Waals surface area contributed by atoms with Gasteiger partial charge in [-0.05, 0) is 50.9 Å². The fourth-order valence-electron chi connectivity index (χ4n) is 3.18. The third-order valence-electron chi connectivity index (χ3n) is 4.43. The van der Waals surface area contributed by atoms with E-state index in [2.05, 4.69) is 5.32 Å². The van der Waals surface area contributed by atoms with Crippen LogP contribution in [-0.2, 0) is 10.0 Å². The zero-order valence-corrected chi connectivity index (χ0v) is 15.8. The van der Waals surface area contributed by atoms with Crippen molar-refractivity contribution in [1.82, 2.24) is 9.62 Å². The Morgan fingerprint density at radius 1 is 1.17 bits per heavy atom. The van der Waals surface area contributed by atoms with Gasteiger partial charge in [-0.25, -0.2) is 8.42 Å². The number of benzene rings is 1. The predicted octanol–water partition coefficient (Wildman–Crippen LogP) is 2.16. The van der Waals surface area contributed by atoms with Crippen LogP contribution in [-0.4, -0.2) is 52.6 Å². The van der Waals surface area contributed by atoms with Gasteiger partial charge in [-0.1, -0.05) is 6.92 Å². The first-order valence-electron chi connectivity index (χ1n) is 8.40. The molecule has 0 aliphatic carbocycles. The average Bonchev–Trinajstić information content (AvgIpc) is 2.59. The van der Waals surface area contributed by atoms with Crippen LogP contribution in [0.2, 0.25) is 0 Å². The molecule has 1 aromatic rings. The molecule has 6 nitrogen and oxygen atoms in total. The number of nitrogens with one attached hydrogen (secondary N) is 1. The smallest absolute Gasteiger partial charge is 0.243 e. The fourth-order valence-corrected chi connectivity index (χ4v) is 5.18. The second-order valence-electron chi connectivity index (χ2n) is 6.07. The minimum absolute atomic E-state index is 0.0451. The van der Waals surface area contributed by atoms with Crippen molar-refractivity contribution in [2.75, 3.05) is 33.9 Å². The highest BCUT2D eigenvalue weighted by molar-refractivity contribution is 7.89. The molecule has 24 heavy (non-hydrogen) atoms. The van der Waals surface area contributed by atoms with Crippen molar-refractivity contribution in [1.29, 1.82) is 0 Å². The van der Waals surface area contributed by atoms with Crippen LogP contribution in [0.25, 0.3) is 0 Å². The van der Waals surface area contributed by atoms with E-state index in [0.717, 1.165) is 32.4 Å². The summed E-state index contributed by atoms with van der Waals surface area (Å²) < 4.78 is 38.9. The molecular weight excluding hydrogens is 328 g/mol. The van der Waals surface area contributed by atoms with Gasteiger partial charge in [0.25, 0.3) is 0 Å². The third kappa shape index (κ3) is 3.84. The van der Waals surface area contributed by atoms with Gasteiger partial charge in [0.15, 0.2) is 11.5 Å². The van der Waals surface area contributed by atoms with Gasteiger partial charge in [0.1, 0.15) is 0 Å². The van der Waals surface area contributed by atoms with Crippen LogP contribution in [0.1, 0.15) is 31.7 Å². The molecule has 0 radical (unpaired) electrons. The van der Waals surface area contributed by atoms with E-state index in [1.54, 1.807) is 30.5 Å². The maximum absolute atomic E-state index is 13.3. The van der Waals surface area contributed by atoms with Gasteiger partial charge < -0.3 is 14.8 Å². The van der Waals surface area contributed by atoms with Crippen molar-refractivity contribution in [3.8, 4) is 11.5 Å². The van der Waals surface area contributed by atoms with Crippen LogP contribution in [0.3, 0.4) is 0 Å². The highest BCUT2D eigenvalue weighted by Crippen LogP contribution is 2.34. The summed E-state index contributed by atoms with van der Waals surface area (Å²) in [4.78, 5) is 0.298. The zero-order valence-electron chi connectivity index (χ0n) is 15.0. The maximum atomic E-state index is 13.3. The number of methoxy groups -OCH3 is 2. The number of hydrogen-bond acceptors (Lipinski definition) is 5. The standard InChI is InChI=1S/C17H28N2O4S/c1-5-10-19(14-6-8-18-9-7-14)24(20,21)17-12-16(23-4)15(22-3)11-13(17)2/h11-12,14,18H,5-10H2,1-4H3. The second kappa shape index (κ2) is 8.18. The summed E-state index contributed by atoms with van der Waals surface area (Å²) in [7, 11) is -0.521. The van der Waals surface area contributed by atoms with E-state index in [0.29, 0.717) is 28.5 Å². The molecule has 0 saturated carbocycles. The number of rotatable bonds is 7. The average molecular weight is 356 g/mol. The van der Waals surface area contributed by atoms with E-state index in [-0.39, 0.29) is 6.04 Å². The molecule has 0 unspecified atom stereocenters. The van der Waals surface area contributed by atoms with Crippen molar-refractivity contribution in [3.05, 3.63) is 17.7 Å². The normalized spacial score (nSPS) is 16.4. The molecule has 0 amide bonds. The molecular formula is C17H28N2O4S. The lowest BCUT2D eigenvalue weighted by atomic mass is 10.1. The fraction of sp³-hybridized carbons (Fsp3) is 0.647. The van der Waals surface area contributed by atoms with Gasteiger partial charge in [0.05, 0.1) is 19.1 Å². The van der Waals surface area contributed by atoms with Crippen LogP contribution in [0, 0.1) is 6.92 Å². The molecule has 1 fully saturated rings. The molecule has 1 aliphatic rings. The molecule has 1 heterocycles. The highest BCUT2D eigenvalue weighted by Gasteiger charge is 2.33. The van der Waals surface area contributed by atoms with Crippen molar-refractivity contribution in [2.45, 2.75) is 44.0 Å². The lowest BCUT2D eigenvalue weighted by molar-refractivity contribution is 0.262. The van der Waals surface area contributed by atoms with E-state index in [1.807, 2.05) is 6.92 Å². The van der Waals surface area contributed by atoms with Crippen molar-refractivity contribution in [3.63, 3.8) is 0 Å². The summed E-state index contributed by atoms with van der Waals surface area (Å²) in [6, 6.07) is 3.34. The molecule has 1 aliphatic heterocycles. The minimum Gasteiger partial charge on any atom is -0.493 e. The molecule has 0 aromatic heterocycles. The van der Waals surface area contributed by atoms with Gasteiger partial charge in [0, 0.05) is 18.7 Å². The Morgan fingerprint density at radius 3 is 2.29 bits per heavy atom. The molecule has 0 bridgehead atoms. The highest BCUT2D eigenvalue weighted by atomic mass is 32.2. The minimum atomic E-state index is -3.58. The first kappa shape index (κ1) is 19.0. The Kier molecular flexibility index (Phi) is 6.48. The summed E-state index contributed by atoms with van der Waals surface area (Å²) in [5.74, 6) is 0.973. The molecule has 0 atom stereocenters. The summed E-state index contributed by atoms with van der Waals surface area (Å²) in [5, 5.41) is 3.29. The predicted molar refractivity (Wildman–Crippen MR) is 94.4 cm³/mol. The molecule has 7 heteroatoms. The number of ether oxygens (including phenoxy) is 2. The lowest BCUT2D eigenvalue weighted by Crippen LogP contribution is -2.46. The maximum Gasteiger partial charge on any atom is 0.243 e. The van der Waals surface area contributed by atoms with Crippen molar-refractivity contribution >= 4 is 10.0 Å². The van der Waals surface area contributed by atoms with E-state index in [4.69, 9.17) is 9.47 Å². The second-order valence-corrected chi connectivity index (χ2v) is 7.93. The first-order chi connectivity index (χ1) is 11.5. The largest absolute Gasteiger partial charge is 0.493 e. The Bertz CT molecular complexity index is 655. The molecule has 1 saturated heterocycles. The molecule has 1 aromatic carbocycles. The first-order valence-corrected chi connectivity index (χ1v) is 9.84. The number of nitrogens with zero attached hydrogens (tertiary/aromatic N) is 1. The van der Waals surface area contributed by atoms with Crippen LogP contribution in [0.15, 0.2) is 17.0 Å². The van der Waals surface area contributed by atoms with E-state index in [1.165, 1.54) is 7.11 Å². The number of piperidine rings is 1.